The van der Waals surface area contributed by atoms with Gasteiger partial charge >= 0.3 is 0 Å². The zero-order chi connectivity index (χ0) is 14.9. The maximum atomic E-state index is 12.3. The first kappa shape index (κ1) is 18.7. The van der Waals surface area contributed by atoms with Gasteiger partial charge in [-0.2, -0.15) is 0 Å². The van der Waals surface area contributed by atoms with E-state index in [0.717, 1.165) is 19.3 Å². The van der Waals surface area contributed by atoms with Crippen LogP contribution in [0.25, 0.3) is 0 Å². The summed E-state index contributed by atoms with van der Waals surface area (Å²) in [7, 11) is 0. The van der Waals surface area contributed by atoms with Gasteiger partial charge in [-0.15, -0.1) is 12.4 Å². The molecule has 2 fully saturated rings. The van der Waals surface area contributed by atoms with Gasteiger partial charge < -0.3 is 20.5 Å². The molecule has 1 spiro atoms. The standard InChI is InChI=1S/C15H28N2O3.ClH/c1-4-20-13-9-12(18)15(13)5-7-17(8-6-15)14(19)10(2)11(3)16;/h10-13,18H,4-9,16H2,1-3H3;1H. The van der Waals surface area contributed by atoms with Crippen LogP contribution in [0.3, 0.4) is 0 Å². The van der Waals surface area contributed by atoms with Gasteiger partial charge in [-0.3, -0.25) is 4.79 Å². The molecule has 5 nitrogen and oxygen atoms in total. The molecule has 1 aliphatic carbocycles. The van der Waals surface area contributed by atoms with E-state index in [1.54, 1.807) is 0 Å². The van der Waals surface area contributed by atoms with Crippen molar-refractivity contribution in [3.05, 3.63) is 0 Å². The number of carbonyl (C=O) groups is 1. The summed E-state index contributed by atoms with van der Waals surface area (Å²) in [5.41, 5.74) is 5.69. The number of rotatable bonds is 4. The Morgan fingerprint density at radius 3 is 2.43 bits per heavy atom. The van der Waals surface area contributed by atoms with Crippen LogP contribution in [0.15, 0.2) is 0 Å². The van der Waals surface area contributed by atoms with E-state index in [9.17, 15) is 9.90 Å². The van der Waals surface area contributed by atoms with Crippen LogP contribution in [0.2, 0.25) is 0 Å². The van der Waals surface area contributed by atoms with Crippen LogP contribution in [-0.2, 0) is 9.53 Å². The summed E-state index contributed by atoms with van der Waals surface area (Å²) in [6.45, 7) is 7.84. The highest BCUT2D eigenvalue weighted by atomic mass is 35.5. The molecule has 2 rings (SSSR count). The molecule has 0 aromatic rings. The van der Waals surface area contributed by atoms with Crippen LogP contribution in [-0.4, -0.2) is 53.9 Å². The van der Waals surface area contributed by atoms with E-state index in [1.165, 1.54) is 0 Å². The Morgan fingerprint density at radius 1 is 1.43 bits per heavy atom. The molecule has 0 aromatic heterocycles. The Morgan fingerprint density at radius 2 is 2.00 bits per heavy atom. The molecule has 21 heavy (non-hydrogen) atoms. The summed E-state index contributed by atoms with van der Waals surface area (Å²) < 4.78 is 5.74. The summed E-state index contributed by atoms with van der Waals surface area (Å²) in [5.74, 6) is -0.00493. The number of nitrogens with two attached hydrogens (primary N) is 1. The Kier molecular flexibility index (Phi) is 6.47. The van der Waals surface area contributed by atoms with Crippen molar-refractivity contribution in [1.82, 2.24) is 4.90 Å². The predicted molar refractivity (Wildman–Crippen MR) is 84.3 cm³/mol. The monoisotopic (exact) mass is 320 g/mol. The van der Waals surface area contributed by atoms with Crippen LogP contribution in [0.1, 0.15) is 40.0 Å². The number of likely N-dealkylation sites (tertiary alicyclic amines) is 1. The summed E-state index contributed by atoms with van der Waals surface area (Å²) >= 11 is 0. The maximum absolute atomic E-state index is 12.3. The van der Waals surface area contributed by atoms with E-state index in [0.29, 0.717) is 19.7 Å². The van der Waals surface area contributed by atoms with Crippen molar-refractivity contribution >= 4 is 18.3 Å². The highest BCUT2D eigenvalue weighted by Gasteiger charge is 2.56. The molecule has 1 saturated heterocycles. The lowest BCUT2D eigenvalue weighted by molar-refractivity contribution is -0.210. The molecular weight excluding hydrogens is 292 g/mol. The number of carbonyl (C=O) groups excluding carboxylic acids is 1. The summed E-state index contributed by atoms with van der Waals surface area (Å²) in [6.07, 6.45) is 2.28. The number of nitrogens with zero attached hydrogens (tertiary/aromatic N) is 1. The van der Waals surface area contributed by atoms with Gasteiger partial charge in [0, 0.05) is 37.6 Å². The van der Waals surface area contributed by atoms with Crippen molar-refractivity contribution in [3.8, 4) is 0 Å². The molecule has 1 saturated carbocycles. The number of ether oxygens (including phenoxy) is 1. The Bertz CT molecular complexity index is 355. The van der Waals surface area contributed by atoms with E-state index < -0.39 is 0 Å². The molecule has 2 aliphatic rings. The van der Waals surface area contributed by atoms with Gasteiger partial charge in [0.15, 0.2) is 0 Å². The van der Waals surface area contributed by atoms with Crippen LogP contribution in [0.4, 0.5) is 0 Å². The lowest BCUT2D eigenvalue weighted by atomic mass is 9.58. The lowest BCUT2D eigenvalue weighted by Gasteiger charge is -2.56. The van der Waals surface area contributed by atoms with Crippen LogP contribution in [0, 0.1) is 11.3 Å². The molecular formula is C15H29ClN2O3. The van der Waals surface area contributed by atoms with Crippen molar-refractivity contribution in [2.75, 3.05) is 19.7 Å². The van der Waals surface area contributed by atoms with Crippen LogP contribution in [0.5, 0.6) is 0 Å². The predicted octanol–water partition coefficient (Wildman–Crippen LogP) is 1.17. The lowest BCUT2D eigenvalue weighted by Crippen LogP contribution is -2.63. The number of hydrogen-bond acceptors (Lipinski definition) is 4. The SMILES string of the molecule is CCOC1CC(O)C12CCN(C(=O)C(C)C(C)N)CC2.Cl. The minimum atomic E-state index is -0.276. The second-order valence-corrected chi connectivity index (χ2v) is 6.40. The summed E-state index contributed by atoms with van der Waals surface area (Å²) in [5, 5.41) is 10.1. The molecule has 0 radical (unpaired) electrons. The average molecular weight is 321 g/mol. The fourth-order valence-electron chi connectivity index (χ4n) is 3.47. The fourth-order valence-corrected chi connectivity index (χ4v) is 3.47. The molecule has 124 valence electrons. The number of aliphatic hydroxyl groups excluding tert-OH is 1. The molecule has 1 aliphatic heterocycles. The zero-order valence-corrected chi connectivity index (χ0v) is 14.1. The first-order valence-corrected chi connectivity index (χ1v) is 7.76. The van der Waals surface area contributed by atoms with Gasteiger partial charge in [-0.05, 0) is 26.7 Å². The fraction of sp³-hybridized carbons (Fsp3) is 0.933. The molecule has 0 aromatic carbocycles. The third-order valence-electron chi connectivity index (χ3n) is 5.29. The molecule has 4 unspecified atom stereocenters. The number of hydrogen-bond donors (Lipinski definition) is 2. The highest BCUT2D eigenvalue weighted by Crippen LogP contribution is 2.51. The molecule has 6 heteroatoms. The summed E-state index contributed by atoms with van der Waals surface area (Å²) in [4.78, 5) is 14.2. The Hall–Kier alpha value is -0.360. The topological polar surface area (TPSA) is 75.8 Å². The third kappa shape index (κ3) is 3.36. The first-order chi connectivity index (χ1) is 9.42. The van der Waals surface area contributed by atoms with Gasteiger partial charge in [0.2, 0.25) is 5.91 Å². The van der Waals surface area contributed by atoms with Crippen molar-refractivity contribution in [2.24, 2.45) is 17.1 Å². The number of aliphatic hydroxyl groups is 1. The smallest absolute Gasteiger partial charge is 0.226 e. The number of amides is 1. The van der Waals surface area contributed by atoms with Gasteiger partial charge in [-0.1, -0.05) is 6.92 Å². The van der Waals surface area contributed by atoms with Crippen LogP contribution >= 0.6 is 12.4 Å². The van der Waals surface area contributed by atoms with E-state index in [4.69, 9.17) is 10.5 Å². The van der Waals surface area contributed by atoms with Gasteiger partial charge in [-0.25, -0.2) is 0 Å². The van der Waals surface area contributed by atoms with E-state index in [-0.39, 0.29) is 47.9 Å². The van der Waals surface area contributed by atoms with E-state index in [2.05, 4.69) is 0 Å². The van der Waals surface area contributed by atoms with E-state index >= 15 is 0 Å². The minimum absolute atomic E-state index is 0. The molecule has 1 heterocycles. The normalized spacial score (nSPS) is 30.2. The van der Waals surface area contributed by atoms with Crippen molar-refractivity contribution in [3.63, 3.8) is 0 Å². The highest BCUT2D eigenvalue weighted by molar-refractivity contribution is 5.85. The second kappa shape index (κ2) is 7.27. The Balaban J connectivity index is 0.00000220. The molecule has 0 bridgehead atoms. The van der Waals surface area contributed by atoms with Crippen molar-refractivity contribution < 1.29 is 14.6 Å². The molecule has 4 atom stereocenters. The summed E-state index contributed by atoms with van der Waals surface area (Å²) in [6, 6.07) is -0.121. The van der Waals surface area contributed by atoms with Crippen molar-refractivity contribution in [1.29, 1.82) is 0 Å². The maximum Gasteiger partial charge on any atom is 0.226 e. The molecule has 3 N–H and O–H groups in total. The van der Waals surface area contributed by atoms with Gasteiger partial charge in [0.1, 0.15) is 0 Å². The average Bonchev–Trinajstić information content (AvgIpc) is 2.45. The molecule has 1 amide bonds. The quantitative estimate of drug-likeness (QED) is 0.815. The third-order valence-corrected chi connectivity index (χ3v) is 5.29. The van der Waals surface area contributed by atoms with Crippen LogP contribution < -0.4 is 5.73 Å². The number of halogens is 1. The minimum Gasteiger partial charge on any atom is -0.392 e. The number of piperidine rings is 1. The first-order valence-electron chi connectivity index (χ1n) is 7.76. The van der Waals surface area contributed by atoms with E-state index in [1.807, 2.05) is 25.7 Å². The van der Waals surface area contributed by atoms with Crippen molar-refractivity contribution in [2.45, 2.75) is 58.3 Å². The largest absolute Gasteiger partial charge is 0.392 e. The van der Waals surface area contributed by atoms with Gasteiger partial charge in [0.05, 0.1) is 18.1 Å². The van der Waals surface area contributed by atoms with Gasteiger partial charge in [0.25, 0.3) is 0 Å². The Labute approximate surface area is 133 Å². The second-order valence-electron chi connectivity index (χ2n) is 6.40. The zero-order valence-electron chi connectivity index (χ0n) is 13.2.